The van der Waals surface area contributed by atoms with Crippen LogP contribution in [0.15, 0.2) is 46.2 Å². The quantitative estimate of drug-likeness (QED) is 0.370. The van der Waals surface area contributed by atoms with Crippen LogP contribution in [0.1, 0.15) is 22.3 Å². The fourth-order valence-electron chi connectivity index (χ4n) is 2.75. The molecule has 2 aromatic carbocycles. The summed E-state index contributed by atoms with van der Waals surface area (Å²) in [6.45, 7) is 0. The molecule has 2 nitrogen and oxygen atoms in total. The first kappa shape index (κ1) is 23.8. The van der Waals surface area contributed by atoms with Crippen LogP contribution < -0.4 is 0 Å². The minimum atomic E-state index is -4.85. The highest BCUT2D eigenvalue weighted by Crippen LogP contribution is 2.37. The molecule has 0 aromatic heterocycles. The first-order valence-electron chi connectivity index (χ1n) is 8.09. The summed E-state index contributed by atoms with van der Waals surface area (Å²) in [4.78, 5) is -1.53. The molecule has 0 saturated heterocycles. The maximum Gasteiger partial charge on any atom is 0.416 e. The van der Waals surface area contributed by atoms with Gasteiger partial charge in [-0.2, -0.15) is 26.3 Å². The zero-order chi connectivity index (χ0) is 22.0. The van der Waals surface area contributed by atoms with Gasteiger partial charge in [-0.3, -0.25) is 0 Å². The predicted octanol–water partition coefficient (Wildman–Crippen LogP) is 6.12. The largest absolute Gasteiger partial charge is 0.416 e. The molecule has 0 heterocycles. The van der Waals surface area contributed by atoms with Gasteiger partial charge in [0.25, 0.3) is 0 Å². The van der Waals surface area contributed by atoms with Crippen molar-refractivity contribution in [2.24, 2.45) is 0 Å². The lowest BCUT2D eigenvalue weighted by Gasteiger charge is -2.16. The average Bonchev–Trinajstić information content (AvgIpc) is 2.61. The zero-order valence-electron chi connectivity index (χ0n) is 14.5. The molecule has 2 aromatic rings. The number of halogens is 8. The normalized spacial score (nSPS) is 13.0. The fourth-order valence-corrected chi connectivity index (χ4v) is 4.47. The van der Waals surface area contributed by atoms with Gasteiger partial charge in [-0.05, 0) is 48.2 Å². The van der Waals surface area contributed by atoms with Crippen LogP contribution in [0.25, 0.3) is 0 Å². The topological polar surface area (TPSA) is 34.1 Å². The number of hydrogen-bond acceptors (Lipinski definition) is 2. The van der Waals surface area contributed by atoms with Crippen LogP contribution in [0.5, 0.6) is 0 Å². The molecule has 0 saturated carbocycles. The van der Waals surface area contributed by atoms with E-state index in [1.165, 1.54) is 0 Å². The first-order chi connectivity index (χ1) is 13.3. The highest BCUT2D eigenvalue weighted by atomic mass is 35.5. The maximum absolute atomic E-state index is 13.3. The Bertz CT molecular complexity index is 911. The molecule has 0 N–H and O–H groups in total. The Labute approximate surface area is 173 Å². The summed E-state index contributed by atoms with van der Waals surface area (Å²) in [5.41, 5.74) is -2.82. The Morgan fingerprint density at radius 2 is 1.03 bits per heavy atom. The van der Waals surface area contributed by atoms with Gasteiger partial charge < -0.3 is 0 Å². The third-order valence-electron chi connectivity index (χ3n) is 4.12. The molecule has 0 aliphatic heterocycles. The third-order valence-corrected chi connectivity index (χ3v) is 6.25. The second kappa shape index (κ2) is 8.73. The fraction of sp³-hybridized carbons (Fsp3) is 0.333. The van der Waals surface area contributed by atoms with E-state index in [9.17, 15) is 34.8 Å². The monoisotopic (exact) mass is 478 g/mol. The first-order valence-corrected chi connectivity index (χ1v) is 10.6. The molecule has 0 fully saturated rings. The summed E-state index contributed by atoms with van der Waals surface area (Å²) in [6.07, 6.45) is -10.0. The van der Waals surface area contributed by atoms with Gasteiger partial charge in [0, 0.05) is 11.8 Å². The van der Waals surface area contributed by atoms with Crippen LogP contribution in [-0.2, 0) is 35.0 Å². The molecule has 0 aliphatic carbocycles. The van der Waals surface area contributed by atoms with E-state index in [1.807, 2.05) is 0 Å². The number of alkyl halides is 8. The smallest absolute Gasteiger partial charge is 0.219 e. The van der Waals surface area contributed by atoms with Crippen LogP contribution >= 0.6 is 23.2 Å². The standard InChI is InChI=1S/C18H14Cl2F6O2S/c19-7-5-11-1-3-13(9-15(11)17(21,22)23)29(27,28)14-4-2-12(6-8-20)16(10-14)18(24,25)26/h1-4,9-10H,5-8H2. The Balaban J connectivity index is 2.64. The van der Waals surface area contributed by atoms with E-state index in [-0.39, 0.29) is 35.7 Å². The summed E-state index contributed by atoms with van der Waals surface area (Å²) in [5, 5.41) is 0. The van der Waals surface area contributed by atoms with Crippen LogP contribution in [0, 0.1) is 0 Å². The van der Waals surface area contributed by atoms with E-state index >= 15 is 0 Å². The van der Waals surface area contributed by atoms with Crippen molar-refractivity contribution >= 4 is 33.0 Å². The number of aryl methyl sites for hydroxylation is 2. The second-order valence-corrected chi connectivity index (χ2v) is 8.72. The van der Waals surface area contributed by atoms with Crippen molar-refractivity contribution < 1.29 is 34.8 Å². The number of rotatable bonds is 6. The lowest BCUT2D eigenvalue weighted by Crippen LogP contribution is -2.14. The van der Waals surface area contributed by atoms with Crippen molar-refractivity contribution in [1.29, 1.82) is 0 Å². The van der Waals surface area contributed by atoms with Gasteiger partial charge in [0.1, 0.15) is 0 Å². The maximum atomic E-state index is 13.3. The average molecular weight is 479 g/mol. The molecule has 160 valence electrons. The SMILES string of the molecule is O=S(=O)(c1ccc(CCCl)c(C(F)(F)F)c1)c1ccc(CCCl)c(C(F)(F)F)c1. The van der Waals surface area contributed by atoms with E-state index in [0.29, 0.717) is 12.1 Å². The van der Waals surface area contributed by atoms with E-state index in [0.717, 1.165) is 24.3 Å². The number of sulfone groups is 1. The number of hydrogen-bond donors (Lipinski definition) is 0. The molecule has 2 rings (SSSR count). The van der Waals surface area contributed by atoms with E-state index in [2.05, 4.69) is 0 Å². The van der Waals surface area contributed by atoms with Crippen molar-refractivity contribution in [3.05, 3.63) is 58.7 Å². The summed E-state index contributed by atoms with van der Waals surface area (Å²) >= 11 is 11.0. The van der Waals surface area contributed by atoms with Gasteiger partial charge in [-0.15, -0.1) is 23.2 Å². The van der Waals surface area contributed by atoms with Crippen molar-refractivity contribution in [3.63, 3.8) is 0 Å². The van der Waals surface area contributed by atoms with Gasteiger partial charge >= 0.3 is 12.4 Å². The summed E-state index contributed by atoms with van der Waals surface area (Å²) in [5.74, 6) is -0.238. The Morgan fingerprint density at radius 1 is 0.690 bits per heavy atom. The van der Waals surface area contributed by atoms with Crippen molar-refractivity contribution in [1.82, 2.24) is 0 Å². The van der Waals surface area contributed by atoms with Gasteiger partial charge in [0.15, 0.2) is 0 Å². The molecule has 0 unspecified atom stereocenters. The van der Waals surface area contributed by atoms with Crippen molar-refractivity contribution in [2.75, 3.05) is 11.8 Å². The van der Waals surface area contributed by atoms with Gasteiger partial charge in [0.2, 0.25) is 9.84 Å². The molecule has 0 amide bonds. The summed E-state index contributed by atoms with van der Waals surface area (Å²) < 4.78 is 105. The molecular formula is C18H14Cl2F6O2S. The Kier molecular flexibility index (Phi) is 7.17. The Morgan fingerprint density at radius 3 is 1.31 bits per heavy atom. The van der Waals surface area contributed by atoms with Gasteiger partial charge in [-0.25, -0.2) is 8.42 Å². The summed E-state index contributed by atoms with van der Waals surface area (Å²) in [7, 11) is -4.63. The molecule has 0 atom stereocenters. The van der Waals surface area contributed by atoms with Crippen LogP contribution in [0.3, 0.4) is 0 Å². The zero-order valence-corrected chi connectivity index (χ0v) is 16.9. The van der Waals surface area contributed by atoms with Crippen molar-refractivity contribution in [2.45, 2.75) is 35.0 Å². The molecule has 11 heteroatoms. The van der Waals surface area contributed by atoms with Gasteiger partial charge in [0.05, 0.1) is 20.9 Å². The molecule has 0 aliphatic rings. The predicted molar refractivity (Wildman–Crippen MR) is 97.2 cm³/mol. The third kappa shape index (κ3) is 5.38. The Hall–Kier alpha value is -1.45. The second-order valence-electron chi connectivity index (χ2n) is 6.01. The molecular weight excluding hydrogens is 465 g/mol. The van der Waals surface area contributed by atoms with E-state index in [1.54, 1.807) is 0 Å². The van der Waals surface area contributed by atoms with E-state index in [4.69, 9.17) is 23.2 Å². The lowest BCUT2D eigenvalue weighted by atomic mass is 10.0. The summed E-state index contributed by atoms with van der Waals surface area (Å²) in [6, 6.07) is 4.60. The van der Waals surface area contributed by atoms with Gasteiger partial charge in [-0.1, -0.05) is 12.1 Å². The molecule has 0 spiro atoms. The highest BCUT2D eigenvalue weighted by Gasteiger charge is 2.37. The minimum Gasteiger partial charge on any atom is -0.219 e. The minimum absolute atomic E-state index is 0.119. The lowest BCUT2D eigenvalue weighted by molar-refractivity contribution is -0.139. The molecule has 0 radical (unpaired) electrons. The van der Waals surface area contributed by atoms with Crippen LogP contribution in [-0.4, -0.2) is 20.2 Å². The molecule has 0 bridgehead atoms. The van der Waals surface area contributed by atoms with Crippen LogP contribution in [0.2, 0.25) is 0 Å². The van der Waals surface area contributed by atoms with E-state index < -0.39 is 43.1 Å². The van der Waals surface area contributed by atoms with Crippen LogP contribution in [0.4, 0.5) is 26.3 Å². The number of benzene rings is 2. The molecule has 29 heavy (non-hydrogen) atoms. The highest BCUT2D eigenvalue weighted by molar-refractivity contribution is 7.91. The van der Waals surface area contributed by atoms with Crippen molar-refractivity contribution in [3.8, 4) is 0 Å².